The lowest BCUT2D eigenvalue weighted by molar-refractivity contribution is -0.131. The number of piperidine rings is 1. The van der Waals surface area contributed by atoms with E-state index in [0.717, 1.165) is 24.1 Å². The fraction of sp³-hybridized carbons (Fsp3) is 0.333. The molecule has 1 fully saturated rings. The Hall–Kier alpha value is -2.84. The number of hydrogen-bond acceptors (Lipinski definition) is 4. The second-order valence-corrected chi connectivity index (χ2v) is 6.62. The molecule has 1 heterocycles. The predicted octanol–water partition coefficient (Wildman–Crippen LogP) is 2.94. The lowest BCUT2D eigenvalue weighted by Crippen LogP contribution is -2.42. The number of nitrogens with zero attached hydrogens (tertiary/aromatic N) is 2. The van der Waals surface area contributed by atoms with Crippen molar-refractivity contribution in [1.82, 2.24) is 4.90 Å². The summed E-state index contributed by atoms with van der Waals surface area (Å²) in [6.07, 6.45) is 1.14. The number of anilines is 1. The molecule has 1 atom stereocenters. The minimum Gasteiger partial charge on any atom is -0.388 e. The van der Waals surface area contributed by atoms with E-state index in [1.807, 2.05) is 35.2 Å². The molecular formula is C21H23N3O2. The van der Waals surface area contributed by atoms with Crippen LogP contribution >= 0.6 is 0 Å². The van der Waals surface area contributed by atoms with Gasteiger partial charge in [0.1, 0.15) is 0 Å². The molecule has 1 saturated heterocycles. The van der Waals surface area contributed by atoms with E-state index in [4.69, 9.17) is 5.26 Å². The molecule has 134 valence electrons. The molecule has 1 aliphatic rings. The van der Waals surface area contributed by atoms with E-state index in [1.165, 1.54) is 0 Å². The molecule has 2 aromatic carbocycles. The summed E-state index contributed by atoms with van der Waals surface area (Å²) in [4.78, 5) is 14.2. The summed E-state index contributed by atoms with van der Waals surface area (Å²) in [6, 6.07) is 18.8. The normalized spacial score (nSPS) is 15.9. The van der Waals surface area contributed by atoms with E-state index < -0.39 is 6.10 Å². The summed E-state index contributed by atoms with van der Waals surface area (Å²) < 4.78 is 0. The fourth-order valence-corrected chi connectivity index (χ4v) is 3.34. The Bertz CT molecular complexity index is 760. The first-order valence-electron chi connectivity index (χ1n) is 8.92. The van der Waals surface area contributed by atoms with E-state index in [9.17, 15) is 9.90 Å². The SMILES string of the molecule is N#Cc1ccc(NCC(=O)N2CCC(C(O)c3ccccc3)CC2)cc1. The molecule has 0 spiro atoms. The maximum absolute atomic E-state index is 12.4. The number of aliphatic hydroxyl groups is 1. The van der Waals surface area contributed by atoms with Gasteiger partial charge in [-0.1, -0.05) is 30.3 Å². The van der Waals surface area contributed by atoms with Crippen molar-refractivity contribution >= 4 is 11.6 Å². The molecule has 0 aliphatic carbocycles. The first-order valence-corrected chi connectivity index (χ1v) is 8.92. The molecule has 1 aliphatic heterocycles. The van der Waals surface area contributed by atoms with E-state index in [2.05, 4.69) is 11.4 Å². The Morgan fingerprint density at radius 3 is 2.42 bits per heavy atom. The second kappa shape index (κ2) is 8.50. The molecule has 0 bridgehead atoms. The van der Waals surface area contributed by atoms with Crippen molar-refractivity contribution in [2.24, 2.45) is 5.92 Å². The zero-order valence-corrected chi connectivity index (χ0v) is 14.6. The van der Waals surface area contributed by atoms with Gasteiger partial charge in [0, 0.05) is 18.8 Å². The van der Waals surface area contributed by atoms with Crippen molar-refractivity contribution in [2.75, 3.05) is 25.0 Å². The van der Waals surface area contributed by atoms with Crippen LogP contribution in [0.1, 0.15) is 30.1 Å². The molecule has 1 unspecified atom stereocenters. The van der Waals surface area contributed by atoms with Gasteiger partial charge in [-0.3, -0.25) is 4.79 Å². The Morgan fingerprint density at radius 2 is 1.81 bits per heavy atom. The van der Waals surface area contributed by atoms with Crippen LogP contribution in [-0.2, 0) is 4.79 Å². The quantitative estimate of drug-likeness (QED) is 0.870. The topological polar surface area (TPSA) is 76.4 Å². The van der Waals surface area contributed by atoms with Crippen LogP contribution in [0.4, 0.5) is 5.69 Å². The van der Waals surface area contributed by atoms with E-state index in [-0.39, 0.29) is 18.4 Å². The first kappa shape index (κ1) is 18.0. The maximum Gasteiger partial charge on any atom is 0.241 e. The van der Waals surface area contributed by atoms with Gasteiger partial charge in [-0.15, -0.1) is 0 Å². The van der Waals surface area contributed by atoms with Crippen LogP contribution < -0.4 is 5.32 Å². The molecule has 5 heteroatoms. The second-order valence-electron chi connectivity index (χ2n) is 6.62. The Balaban J connectivity index is 1.46. The first-order chi connectivity index (χ1) is 12.7. The number of rotatable bonds is 5. The monoisotopic (exact) mass is 349 g/mol. The van der Waals surface area contributed by atoms with Crippen LogP contribution in [-0.4, -0.2) is 35.5 Å². The third-order valence-corrected chi connectivity index (χ3v) is 4.94. The Labute approximate surface area is 153 Å². The summed E-state index contributed by atoms with van der Waals surface area (Å²) in [5, 5.41) is 22.4. The predicted molar refractivity (Wildman–Crippen MR) is 100 cm³/mol. The third kappa shape index (κ3) is 4.41. The molecule has 2 N–H and O–H groups in total. The number of carbonyl (C=O) groups is 1. The Kier molecular flexibility index (Phi) is 5.88. The van der Waals surface area contributed by atoms with Crippen molar-refractivity contribution in [3.63, 3.8) is 0 Å². The van der Waals surface area contributed by atoms with E-state index >= 15 is 0 Å². The number of hydrogen-bond donors (Lipinski definition) is 2. The van der Waals surface area contributed by atoms with Gasteiger partial charge >= 0.3 is 0 Å². The highest BCUT2D eigenvalue weighted by Crippen LogP contribution is 2.30. The van der Waals surface area contributed by atoms with Crippen LogP contribution in [0, 0.1) is 17.2 Å². The number of benzene rings is 2. The van der Waals surface area contributed by atoms with Gasteiger partial charge in [-0.2, -0.15) is 5.26 Å². The highest BCUT2D eigenvalue weighted by atomic mass is 16.3. The summed E-state index contributed by atoms with van der Waals surface area (Å²) in [5.41, 5.74) is 2.37. The standard InChI is InChI=1S/C21H23N3O2/c22-14-16-6-8-19(9-7-16)23-15-20(25)24-12-10-18(11-13-24)21(26)17-4-2-1-3-5-17/h1-9,18,21,23,26H,10-13,15H2. The van der Waals surface area contributed by atoms with Crippen molar-refractivity contribution in [3.8, 4) is 6.07 Å². The molecule has 2 aromatic rings. The third-order valence-electron chi connectivity index (χ3n) is 4.94. The zero-order chi connectivity index (χ0) is 18.4. The minimum atomic E-state index is -0.467. The highest BCUT2D eigenvalue weighted by molar-refractivity contribution is 5.81. The number of nitriles is 1. The summed E-state index contributed by atoms with van der Waals surface area (Å²) >= 11 is 0. The highest BCUT2D eigenvalue weighted by Gasteiger charge is 2.28. The van der Waals surface area contributed by atoms with Gasteiger partial charge in [-0.05, 0) is 48.6 Å². The molecule has 3 rings (SSSR count). The number of carbonyl (C=O) groups excluding carboxylic acids is 1. The zero-order valence-electron chi connectivity index (χ0n) is 14.6. The van der Waals surface area contributed by atoms with Gasteiger partial charge in [0.15, 0.2) is 0 Å². The number of nitrogens with one attached hydrogen (secondary N) is 1. The van der Waals surface area contributed by atoms with Crippen LogP contribution in [0.2, 0.25) is 0 Å². The van der Waals surface area contributed by atoms with Gasteiger partial charge < -0.3 is 15.3 Å². The van der Waals surface area contributed by atoms with Gasteiger partial charge in [-0.25, -0.2) is 0 Å². The number of aliphatic hydroxyl groups excluding tert-OH is 1. The van der Waals surface area contributed by atoms with Crippen molar-refractivity contribution < 1.29 is 9.90 Å². The van der Waals surface area contributed by atoms with E-state index in [0.29, 0.717) is 18.7 Å². The van der Waals surface area contributed by atoms with Crippen LogP contribution in [0.5, 0.6) is 0 Å². The minimum absolute atomic E-state index is 0.0574. The molecule has 26 heavy (non-hydrogen) atoms. The molecule has 1 amide bonds. The lowest BCUT2D eigenvalue weighted by Gasteiger charge is -2.34. The van der Waals surface area contributed by atoms with Gasteiger partial charge in [0.05, 0.1) is 24.3 Å². The molecule has 0 radical (unpaired) electrons. The molecule has 0 aromatic heterocycles. The largest absolute Gasteiger partial charge is 0.388 e. The fourth-order valence-electron chi connectivity index (χ4n) is 3.34. The Morgan fingerprint density at radius 1 is 1.15 bits per heavy atom. The molecule has 5 nitrogen and oxygen atoms in total. The van der Waals surface area contributed by atoms with Crippen molar-refractivity contribution in [3.05, 3.63) is 65.7 Å². The summed E-state index contributed by atoms with van der Waals surface area (Å²) in [6.45, 7) is 1.57. The van der Waals surface area contributed by atoms with Gasteiger partial charge in [0.2, 0.25) is 5.91 Å². The lowest BCUT2D eigenvalue weighted by atomic mass is 9.87. The van der Waals surface area contributed by atoms with Crippen LogP contribution in [0.3, 0.4) is 0 Å². The number of likely N-dealkylation sites (tertiary alicyclic amines) is 1. The van der Waals surface area contributed by atoms with Crippen molar-refractivity contribution in [2.45, 2.75) is 18.9 Å². The van der Waals surface area contributed by atoms with Crippen molar-refractivity contribution in [1.29, 1.82) is 5.26 Å². The average Bonchev–Trinajstić information content (AvgIpc) is 2.72. The smallest absolute Gasteiger partial charge is 0.241 e. The maximum atomic E-state index is 12.4. The number of amides is 1. The van der Waals surface area contributed by atoms with E-state index in [1.54, 1.807) is 24.3 Å². The summed E-state index contributed by atoms with van der Waals surface area (Å²) in [7, 11) is 0. The van der Waals surface area contributed by atoms with Gasteiger partial charge in [0.25, 0.3) is 0 Å². The molecular weight excluding hydrogens is 326 g/mol. The summed E-state index contributed by atoms with van der Waals surface area (Å²) in [5.74, 6) is 0.245. The van der Waals surface area contributed by atoms with Crippen LogP contribution in [0.15, 0.2) is 54.6 Å². The molecule has 0 saturated carbocycles. The average molecular weight is 349 g/mol. The van der Waals surface area contributed by atoms with Crippen LogP contribution in [0.25, 0.3) is 0 Å².